The van der Waals surface area contributed by atoms with Crippen molar-refractivity contribution in [2.24, 2.45) is 0 Å². The van der Waals surface area contributed by atoms with Gasteiger partial charge in [-0.05, 0) is 30.7 Å². The second-order valence-electron chi connectivity index (χ2n) is 5.05. The molecule has 2 aromatic carbocycles. The van der Waals surface area contributed by atoms with E-state index in [1.165, 1.54) is 12.1 Å². The van der Waals surface area contributed by atoms with E-state index in [1.807, 2.05) is 35.9 Å². The fourth-order valence-electron chi connectivity index (χ4n) is 2.57. The Morgan fingerprint density at radius 3 is 2.57 bits per heavy atom. The van der Waals surface area contributed by atoms with Crippen LogP contribution in [-0.4, -0.2) is 14.9 Å². The van der Waals surface area contributed by atoms with Crippen molar-refractivity contribution >= 4 is 10.9 Å². The van der Waals surface area contributed by atoms with Crippen LogP contribution in [0.2, 0.25) is 0 Å². The molecule has 0 spiro atoms. The molecule has 3 nitrogen and oxygen atoms in total. The summed E-state index contributed by atoms with van der Waals surface area (Å²) in [6.45, 7) is 2.83. The Balaban J connectivity index is 1.92. The van der Waals surface area contributed by atoms with E-state index in [2.05, 4.69) is 5.10 Å². The maximum absolute atomic E-state index is 12.9. The molecular weight excluding hydrogens is 267 g/mol. The maximum Gasteiger partial charge on any atom is 0.123 e. The molecule has 0 amide bonds. The fraction of sp³-hybridized carbons (Fsp3) is 0.235. The molecule has 1 aromatic heterocycles. The first-order valence-electron chi connectivity index (χ1n) is 7.07. The van der Waals surface area contributed by atoms with Crippen molar-refractivity contribution in [2.75, 3.05) is 0 Å². The van der Waals surface area contributed by atoms with Gasteiger partial charge in [0.1, 0.15) is 5.82 Å². The number of hydrogen-bond donors (Lipinski definition) is 1. The average Bonchev–Trinajstić information content (AvgIpc) is 2.86. The monoisotopic (exact) mass is 284 g/mol. The number of halogens is 1. The fourth-order valence-corrected chi connectivity index (χ4v) is 2.57. The molecule has 1 N–H and O–H groups in total. The molecule has 0 radical (unpaired) electrons. The lowest BCUT2D eigenvalue weighted by Gasteiger charge is -2.09. The first-order valence-corrected chi connectivity index (χ1v) is 7.07. The van der Waals surface area contributed by atoms with Gasteiger partial charge >= 0.3 is 0 Å². The number of rotatable bonds is 4. The van der Waals surface area contributed by atoms with E-state index in [4.69, 9.17) is 0 Å². The highest BCUT2D eigenvalue weighted by atomic mass is 19.1. The highest BCUT2D eigenvalue weighted by Gasteiger charge is 2.15. The average molecular weight is 284 g/mol. The van der Waals surface area contributed by atoms with E-state index in [0.29, 0.717) is 12.0 Å². The van der Waals surface area contributed by atoms with Crippen LogP contribution in [0.25, 0.3) is 10.9 Å². The number of aromatic nitrogens is 2. The lowest BCUT2D eigenvalue weighted by atomic mass is 10.0. The molecule has 0 saturated heterocycles. The minimum atomic E-state index is -0.686. The normalized spacial score (nSPS) is 12.7. The minimum absolute atomic E-state index is 0.299. The Morgan fingerprint density at radius 2 is 1.86 bits per heavy atom. The van der Waals surface area contributed by atoms with Crippen LogP contribution < -0.4 is 0 Å². The Hall–Kier alpha value is -2.20. The van der Waals surface area contributed by atoms with Crippen LogP contribution in [0.3, 0.4) is 0 Å². The number of aryl methyl sites for hydroxylation is 1. The summed E-state index contributed by atoms with van der Waals surface area (Å²) in [5.41, 5.74) is 2.64. The molecule has 3 aromatic rings. The van der Waals surface area contributed by atoms with Crippen LogP contribution in [0.5, 0.6) is 0 Å². The van der Waals surface area contributed by atoms with Crippen molar-refractivity contribution in [1.29, 1.82) is 0 Å². The van der Waals surface area contributed by atoms with Crippen LogP contribution in [0.15, 0.2) is 48.5 Å². The number of hydrogen-bond acceptors (Lipinski definition) is 2. The molecule has 0 aliphatic heterocycles. The van der Waals surface area contributed by atoms with Crippen LogP contribution in [0.4, 0.5) is 4.39 Å². The highest BCUT2D eigenvalue weighted by Crippen LogP contribution is 2.24. The molecule has 1 heterocycles. The van der Waals surface area contributed by atoms with Gasteiger partial charge < -0.3 is 5.11 Å². The van der Waals surface area contributed by atoms with E-state index in [9.17, 15) is 9.50 Å². The molecule has 1 unspecified atom stereocenters. The number of para-hydroxylation sites is 1. The molecule has 21 heavy (non-hydrogen) atoms. The van der Waals surface area contributed by atoms with Crippen LogP contribution in [0, 0.1) is 5.82 Å². The first kappa shape index (κ1) is 13.8. The van der Waals surface area contributed by atoms with Crippen molar-refractivity contribution in [2.45, 2.75) is 26.0 Å². The zero-order valence-electron chi connectivity index (χ0n) is 11.8. The third kappa shape index (κ3) is 2.67. The number of aliphatic hydroxyl groups is 1. The zero-order valence-corrected chi connectivity index (χ0v) is 11.8. The molecule has 0 bridgehead atoms. The zero-order chi connectivity index (χ0) is 14.8. The third-order valence-electron chi connectivity index (χ3n) is 3.68. The van der Waals surface area contributed by atoms with Crippen LogP contribution in [0.1, 0.15) is 24.3 Å². The lowest BCUT2D eigenvalue weighted by Crippen LogP contribution is -2.04. The molecule has 1 atom stereocenters. The van der Waals surface area contributed by atoms with Crippen LogP contribution >= 0.6 is 0 Å². The van der Waals surface area contributed by atoms with E-state index in [-0.39, 0.29) is 5.82 Å². The van der Waals surface area contributed by atoms with Gasteiger partial charge in [-0.1, -0.05) is 30.3 Å². The van der Waals surface area contributed by atoms with Crippen LogP contribution in [-0.2, 0) is 13.0 Å². The summed E-state index contributed by atoms with van der Waals surface area (Å²) < 4.78 is 14.9. The Morgan fingerprint density at radius 1 is 1.14 bits per heavy atom. The van der Waals surface area contributed by atoms with Gasteiger partial charge in [-0.2, -0.15) is 5.10 Å². The summed E-state index contributed by atoms with van der Waals surface area (Å²) >= 11 is 0. The number of nitrogens with zero attached hydrogens (tertiary/aromatic N) is 2. The second kappa shape index (κ2) is 5.66. The molecule has 108 valence electrons. The van der Waals surface area contributed by atoms with Gasteiger partial charge in [-0.3, -0.25) is 4.68 Å². The van der Waals surface area contributed by atoms with Gasteiger partial charge in [-0.15, -0.1) is 0 Å². The molecule has 0 fully saturated rings. The molecule has 4 heteroatoms. The van der Waals surface area contributed by atoms with Crippen molar-refractivity contribution in [3.63, 3.8) is 0 Å². The summed E-state index contributed by atoms with van der Waals surface area (Å²) in [5.74, 6) is -0.299. The second-order valence-corrected chi connectivity index (χ2v) is 5.05. The summed E-state index contributed by atoms with van der Waals surface area (Å²) in [6.07, 6.45) is -0.270. The van der Waals surface area contributed by atoms with Gasteiger partial charge in [0.15, 0.2) is 0 Å². The Labute approximate surface area is 122 Å². The standard InChI is InChI=1S/C17H17FN2O/c1-2-20-16-6-4-3-5-14(16)15(19-20)11-17(21)12-7-9-13(18)10-8-12/h3-10,17,21H,2,11H2,1H3. The highest BCUT2D eigenvalue weighted by molar-refractivity contribution is 5.82. The summed E-state index contributed by atoms with van der Waals surface area (Å²) in [6, 6.07) is 13.9. The molecular formula is C17H17FN2O. The van der Waals surface area contributed by atoms with Crippen molar-refractivity contribution < 1.29 is 9.50 Å². The summed E-state index contributed by atoms with van der Waals surface area (Å²) in [7, 11) is 0. The van der Waals surface area contributed by atoms with Crippen molar-refractivity contribution in [3.05, 3.63) is 65.6 Å². The van der Waals surface area contributed by atoms with Gasteiger partial charge in [0.05, 0.1) is 17.3 Å². The van der Waals surface area contributed by atoms with Gasteiger partial charge in [0.25, 0.3) is 0 Å². The predicted molar refractivity (Wildman–Crippen MR) is 80.5 cm³/mol. The molecule has 0 aliphatic rings. The Kier molecular flexibility index (Phi) is 3.71. The smallest absolute Gasteiger partial charge is 0.123 e. The molecule has 0 saturated carbocycles. The van der Waals surface area contributed by atoms with E-state index >= 15 is 0 Å². The lowest BCUT2D eigenvalue weighted by molar-refractivity contribution is 0.177. The summed E-state index contributed by atoms with van der Waals surface area (Å²) in [5, 5.41) is 16.0. The van der Waals surface area contributed by atoms with E-state index < -0.39 is 6.10 Å². The predicted octanol–water partition coefficient (Wildman–Crippen LogP) is 3.47. The Bertz CT molecular complexity index is 749. The van der Waals surface area contributed by atoms with Gasteiger partial charge in [0.2, 0.25) is 0 Å². The third-order valence-corrected chi connectivity index (χ3v) is 3.68. The first-order chi connectivity index (χ1) is 10.2. The SMILES string of the molecule is CCn1nc(CC(O)c2ccc(F)cc2)c2ccccc21. The maximum atomic E-state index is 12.9. The number of benzene rings is 2. The van der Waals surface area contributed by atoms with Crippen molar-refractivity contribution in [1.82, 2.24) is 9.78 Å². The molecule has 3 rings (SSSR count). The van der Waals surface area contributed by atoms with Gasteiger partial charge in [-0.25, -0.2) is 4.39 Å². The topological polar surface area (TPSA) is 38.0 Å². The quantitative estimate of drug-likeness (QED) is 0.796. The summed E-state index contributed by atoms with van der Waals surface area (Å²) in [4.78, 5) is 0. The number of aliphatic hydroxyl groups excluding tert-OH is 1. The molecule has 0 aliphatic carbocycles. The minimum Gasteiger partial charge on any atom is -0.388 e. The van der Waals surface area contributed by atoms with Gasteiger partial charge in [0, 0.05) is 18.4 Å². The largest absolute Gasteiger partial charge is 0.388 e. The number of fused-ring (bicyclic) bond motifs is 1. The van der Waals surface area contributed by atoms with Crippen molar-refractivity contribution in [3.8, 4) is 0 Å². The van der Waals surface area contributed by atoms with E-state index in [0.717, 1.165) is 23.1 Å². The van der Waals surface area contributed by atoms with E-state index in [1.54, 1.807) is 12.1 Å².